The van der Waals surface area contributed by atoms with E-state index in [2.05, 4.69) is 10.1 Å². The van der Waals surface area contributed by atoms with Crippen LogP contribution < -0.4 is 5.32 Å². The van der Waals surface area contributed by atoms with Gasteiger partial charge >= 0.3 is 5.97 Å². The van der Waals surface area contributed by atoms with E-state index in [1.54, 1.807) is 0 Å². The number of carbonyl (C=O) groups excluding carboxylic acids is 2. The smallest absolute Gasteiger partial charge is 0.344 e. The van der Waals surface area contributed by atoms with E-state index >= 15 is 0 Å². The third-order valence-corrected chi connectivity index (χ3v) is 3.25. The lowest BCUT2D eigenvalue weighted by molar-refractivity contribution is -0.119. The summed E-state index contributed by atoms with van der Waals surface area (Å²) in [4.78, 5) is 23.3. The molecule has 0 fully saturated rings. The maximum Gasteiger partial charge on any atom is 0.344 e. The molecule has 0 unspecified atom stereocenters. The number of anilines is 1. The maximum absolute atomic E-state index is 13.4. The van der Waals surface area contributed by atoms with Crippen molar-refractivity contribution >= 4 is 40.8 Å². The van der Waals surface area contributed by atoms with Gasteiger partial charge in [0.2, 0.25) is 0 Å². The minimum atomic E-state index is -1.28. The first kappa shape index (κ1) is 17.2. The minimum absolute atomic E-state index is 0.192. The summed E-state index contributed by atoms with van der Waals surface area (Å²) in [6.45, 7) is -0.731. The molecule has 120 valence electrons. The average Bonchev–Trinajstić information content (AvgIpc) is 2.48. The van der Waals surface area contributed by atoms with E-state index in [1.165, 1.54) is 18.2 Å². The maximum atomic E-state index is 13.4. The standard InChI is InChI=1S/C15H9Cl2F2NO3/c16-8-4-5-12(9(17)6-8)20-13(21)7-23-15(22)14-10(18)2-1-3-11(14)19/h1-6H,7H2,(H,20,21). The van der Waals surface area contributed by atoms with Crippen LogP contribution in [0.25, 0.3) is 0 Å². The fraction of sp³-hybridized carbons (Fsp3) is 0.0667. The van der Waals surface area contributed by atoms with Gasteiger partial charge in [0, 0.05) is 5.02 Å². The van der Waals surface area contributed by atoms with Crippen molar-refractivity contribution in [3.8, 4) is 0 Å². The zero-order chi connectivity index (χ0) is 17.0. The van der Waals surface area contributed by atoms with E-state index in [-0.39, 0.29) is 10.7 Å². The molecular formula is C15H9Cl2F2NO3. The minimum Gasteiger partial charge on any atom is -0.452 e. The number of nitrogens with one attached hydrogen (secondary N) is 1. The molecule has 0 heterocycles. The molecule has 0 saturated heterocycles. The van der Waals surface area contributed by atoms with Gasteiger partial charge in [0.1, 0.15) is 17.2 Å². The number of halogens is 4. The summed E-state index contributed by atoms with van der Waals surface area (Å²) in [5.74, 6) is -4.15. The number of hydrogen-bond donors (Lipinski definition) is 1. The Kier molecular flexibility index (Phi) is 5.52. The lowest BCUT2D eigenvalue weighted by Crippen LogP contribution is -2.22. The zero-order valence-corrected chi connectivity index (χ0v) is 12.9. The normalized spacial score (nSPS) is 10.3. The topological polar surface area (TPSA) is 55.4 Å². The highest BCUT2D eigenvalue weighted by Crippen LogP contribution is 2.25. The van der Waals surface area contributed by atoms with Crippen molar-refractivity contribution in [2.45, 2.75) is 0 Å². The fourth-order valence-electron chi connectivity index (χ4n) is 1.67. The van der Waals surface area contributed by atoms with Gasteiger partial charge in [-0.3, -0.25) is 4.79 Å². The van der Waals surface area contributed by atoms with E-state index in [4.69, 9.17) is 23.2 Å². The summed E-state index contributed by atoms with van der Waals surface area (Å²) in [5, 5.41) is 2.95. The fourth-order valence-corrected chi connectivity index (χ4v) is 2.13. The lowest BCUT2D eigenvalue weighted by Gasteiger charge is -2.09. The van der Waals surface area contributed by atoms with E-state index in [0.717, 1.165) is 18.2 Å². The second-order valence-corrected chi connectivity index (χ2v) is 5.19. The summed E-state index contributed by atoms with van der Waals surface area (Å²) in [6, 6.07) is 7.31. The van der Waals surface area contributed by atoms with Crippen LogP contribution in [-0.4, -0.2) is 18.5 Å². The predicted molar refractivity (Wildman–Crippen MR) is 81.7 cm³/mol. The van der Waals surface area contributed by atoms with E-state index in [0.29, 0.717) is 5.02 Å². The van der Waals surface area contributed by atoms with E-state index in [9.17, 15) is 18.4 Å². The van der Waals surface area contributed by atoms with Gasteiger partial charge < -0.3 is 10.1 Å². The third-order valence-electron chi connectivity index (χ3n) is 2.71. The molecule has 2 aromatic carbocycles. The van der Waals surface area contributed by atoms with Crippen molar-refractivity contribution < 1.29 is 23.1 Å². The SMILES string of the molecule is O=C(COC(=O)c1c(F)cccc1F)Nc1ccc(Cl)cc1Cl. The molecule has 0 bridgehead atoms. The van der Waals surface area contributed by atoms with Gasteiger partial charge in [-0.2, -0.15) is 0 Å². The van der Waals surface area contributed by atoms with Crippen molar-refractivity contribution in [3.05, 3.63) is 63.6 Å². The Morgan fingerprint density at radius 3 is 2.35 bits per heavy atom. The van der Waals surface area contributed by atoms with Crippen LogP contribution in [0.3, 0.4) is 0 Å². The Balaban J connectivity index is 1.98. The molecule has 4 nitrogen and oxygen atoms in total. The van der Waals surface area contributed by atoms with Crippen LogP contribution in [0.1, 0.15) is 10.4 Å². The molecule has 0 aliphatic heterocycles. The van der Waals surface area contributed by atoms with Gasteiger partial charge in [-0.1, -0.05) is 29.3 Å². The molecule has 2 aromatic rings. The van der Waals surface area contributed by atoms with Gasteiger partial charge in [-0.25, -0.2) is 13.6 Å². The molecular weight excluding hydrogens is 351 g/mol. The molecule has 0 spiro atoms. The second kappa shape index (κ2) is 7.39. The first-order chi connectivity index (χ1) is 10.9. The van der Waals surface area contributed by atoms with Crippen molar-refractivity contribution in [1.29, 1.82) is 0 Å². The van der Waals surface area contributed by atoms with Gasteiger partial charge in [-0.05, 0) is 30.3 Å². The molecule has 0 atom stereocenters. The zero-order valence-electron chi connectivity index (χ0n) is 11.4. The summed E-state index contributed by atoms with van der Waals surface area (Å²) in [6.07, 6.45) is 0. The van der Waals surface area contributed by atoms with Crippen LogP contribution in [0.5, 0.6) is 0 Å². The Labute approximate surface area is 140 Å². The summed E-state index contributed by atoms with van der Waals surface area (Å²) in [5.41, 5.74) is -0.598. The lowest BCUT2D eigenvalue weighted by atomic mass is 10.2. The average molecular weight is 360 g/mol. The second-order valence-electron chi connectivity index (χ2n) is 4.35. The Morgan fingerprint density at radius 1 is 1.09 bits per heavy atom. The molecule has 0 aromatic heterocycles. The van der Waals surface area contributed by atoms with Gasteiger partial charge in [0.25, 0.3) is 5.91 Å². The molecule has 8 heteroatoms. The molecule has 0 aliphatic rings. The molecule has 0 aliphatic carbocycles. The van der Waals surface area contributed by atoms with E-state index in [1.807, 2.05) is 0 Å². The van der Waals surface area contributed by atoms with E-state index < -0.39 is 35.7 Å². The molecule has 1 N–H and O–H groups in total. The van der Waals surface area contributed by atoms with Crippen molar-refractivity contribution in [1.82, 2.24) is 0 Å². The monoisotopic (exact) mass is 359 g/mol. The Morgan fingerprint density at radius 2 is 1.74 bits per heavy atom. The summed E-state index contributed by atoms with van der Waals surface area (Å²) in [7, 11) is 0. The molecule has 2 rings (SSSR count). The summed E-state index contributed by atoms with van der Waals surface area (Å²) < 4.78 is 31.4. The van der Waals surface area contributed by atoms with Crippen molar-refractivity contribution in [3.63, 3.8) is 0 Å². The Hall–Kier alpha value is -2.18. The number of amides is 1. The number of rotatable bonds is 4. The van der Waals surface area contributed by atoms with Crippen molar-refractivity contribution in [2.24, 2.45) is 0 Å². The van der Waals surface area contributed by atoms with Crippen LogP contribution >= 0.6 is 23.2 Å². The van der Waals surface area contributed by atoms with Gasteiger partial charge in [-0.15, -0.1) is 0 Å². The third kappa shape index (κ3) is 4.40. The molecule has 0 saturated carbocycles. The highest BCUT2D eigenvalue weighted by atomic mass is 35.5. The van der Waals surface area contributed by atoms with Crippen LogP contribution in [-0.2, 0) is 9.53 Å². The summed E-state index contributed by atoms with van der Waals surface area (Å²) >= 11 is 11.6. The quantitative estimate of drug-likeness (QED) is 0.837. The first-order valence-electron chi connectivity index (χ1n) is 6.24. The van der Waals surface area contributed by atoms with Crippen LogP contribution in [0.15, 0.2) is 36.4 Å². The number of ether oxygens (including phenoxy) is 1. The van der Waals surface area contributed by atoms with Gasteiger partial charge in [0.05, 0.1) is 10.7 Å². The number of carbonyl (C=O) groups is 2. The predicted octanol–water partition coefficient (Wildman–Crippen LogP) is 4.07. The highest BCUT2D eigenvalue weighted by Gasteiger charge is 2.19. The van der Waals surface area contributed by atoms with Crippen LogP contribution in [0.2, 0.25) is 10.0 Å². The largest absolute Gasteiger partial charge is 0.452 e. The Bertz CT molecular complexity index is 748. The highest BCUT2D eigenvalue weighted by molar-refractivity contribution is 6.36. The molecule has 1 amide bonds. The number of hydrogen-bond acceptors (Lipinski definition) is 3. The molecule has 0 radical (unpaired) electrons. The van der Waals surface area contributed by atoms with Gasteiger partial charge in [0.15, 0.2) is 6.61 Å². The molecule has 23 heavy (non-hydrogen) atoms. The number of esters is 1. The first-order valence-corrected chi connectivity index (χ1v) is 7.00. The van der Waals surface area contributed by atoms with Crippen molar-refractivity contribution in [2.75, 3.05) is 11.9 Å². The van der Waals surface area contributed by atoms with Crippen LogP contribution in [0.4, 0.5) is 14.5 Å². The van der Waals surface area contributed by atoms with Crippen LogP contribution in [0, 0.1) is 11.6 Å². The number of benzene rings is 2.